The Hall–Kier alpha value is -3.04. The van der Waals surface area contributed by atoms with Gasteiger partial charge in [0, 0.05) is 31.3 Å². The number of hydrogen-bond acceptors (Lipinski definition) is 6. The first kappa shape index (κ1) is 23.1. The molecule has 0 spiro atoms. The molecule has 2 heterocycles. The predicted molar refractivity (Wildman–Crippen MR) is 124 cm³/mol. The van der Waals surface area contributed by atoms with Crippen molar-refractivity contribution in [3.63, 3.8) is 0 Å². The van der Waals surface area contributed by atoms with Crippen molar-refractivity contribution in [1.29, 1.82) is 0 Å². The summed E-state index contributed by atoms with van der Waals surface area (Å²) in [5, 5.41) is 21.5. The Morgan fingerprint density at radius 3 is 2.18 bits per heavy atom. The third kappa shape index (κ3) is 4.84. The van der Waals surface area contributed by atoms with E-state index in [2.05, 4.69) is 14.9 Å². The molecule has 0 unspecified atom stereocenters. The van der Waals surface area contributed by atoms with E-state index in [1.807, 2.05) is 60.7 Å². The van der Waals surface area contributed by atoms with Gasteiger partial charge in [-0.1, -0.05) is 60.7 Å². The molecule has 0 bridgehead atoms. The highest BCUT2D eigenvalue weighted by atomic mass is 16.5. The van der Waals surface area contributed by atoms with Crippen LogP contribution in [0.4, 0.5) is 0 Å². The van der Waals surface area contributed by atoms with Gasteiger partial charge in [-0.15, -0.1) is 0 Å². The molecule has 8 nitrogen and oxygen atoms in total. The van der Waals surface area contributed by atoms with Crippen molar-refractivity contribution < 1.29 is 14.9 Å². The SMILES string of the molecule is CO[C@@H]1[C@H](Cc2c[nH]c(=O)[nH]c2=O)CN(C(c2ccccc2)c2ccccc2)[C@H](CO)[C@H]1O. The molecule has 2 aromatic carbocycles. The van der Waals surface area contributed by atoms with Gasteiger partial charge < -0.3 is 19.9 Å². The van der Waals surface area contributed by atoms with Gasteiger partial charge in [0.2, 0.25) is 0 Å². The Kier molecular flexibility index (Phi) is 7.20. The van der Waals surface area contributed by atoms with Crippen LogP contribution in [0.25, 0.3) is 0 Å². The van der Waals surface area contributed by atoms with Crippen LogP contribution in [0.5, 0.6) is 0 Å². The van der Waals surface area contributed by atoms with Crippen LogP contribution in [0.3, 0.4) is 0 Å². The van der Waals surface area contributed by atoms with Crippen LogP contribution in [0.2, 0.25) is 0 Å². The zero-order valence-corrected chi connectivity index (χ0v) is 18.4. The van der Waals surface area contributed by atoms with Crippen LogP contribution < -0.4 is 11.2 Å². The number of nitrogens with one attached hydrogen (secondary N) is 2. The molecular formula is C25H29N3O5. The predicted octanol–water partition coefficient (Wildman–Crippen LogP) is 1.06. The zero-order chi connectivity index (χ0) is 23.4. The Labute approximate surface area is 191 Å². The van der Waals surface area contributed by atoms with Crippen LogP contribution in [-0.2, 0) is 11.2 Å². The number of rotatable bonds is 7. The Balaban J connectivity index is 1.75. The minimum absolute atomic E-state index is 0.214. The van der Waals surface area contributed by atoms with E-state index in [0.717, 1.165) is 11.1 Å². The number of methoxy groups -OCH3 is 1. The molecule has 0 amide bonds. The number of H-pyrrole nitrogens is 2. The van der Waals surface area contributed by atoms with Crippen molar-refractivity contribution >= 4 is 0 Å². The molecule has 4 atom stereocenters. The summed E-state index contributed by atoms with van der Waals surface area (Å²) in [5.41, 5.74) is 1.46. The summed E-state index contributed by atoms with van der Waals surface area (Å²) in [6.07, 6.45) is 0.147. The lowest BCUT2D eigenvalue weighted by Gasteiger charge is -2.49. The number of benzene rings is 2. The molecule has 4 N–H and O–H groups in total. The monoisotopic (exact) mass is 451 g/mol. The molecule has 1 aliphatic rings. The molecule has 1 aromatic heterocycles. The van der Waals surface area contributed by atoms with E-state index in [1.54, 1.807) is 0 Å². The second-order valence-electron chi connectivity index (χ2n) is 8.42. The zero-order valence-electron chi connectivity index (χ0n) is 18.4. The standard InChI is InChI=1S/C25H29N3O5/c1-33-23-19(12-18-13-26-25(32)27-24(18)31)14-28(20(15-29)22(23)30)21(16-8-4-2-5-9-16)17-10-6-3-7-11-17/h2-11,13,19-23,29-30H,12,14-15H2,1H3,(H2,26,27,31,32)/t19-,20-,22-,23-/m1/s1. The number of aliphatic hydroxyl groups excluding tert-OH is 2. The molecule has 0 aliphatic carbocycles. The summed E-state index contributed by atoms with van der Waals surface area (Å²) in [4.78, 5) is 30.6. The van der Waals surface area contributed by atoms with Gasteiger partial charge in [0.1, 0.15) is 0 Å². The van der Waals surface area contributed by atoms with Gasteiger partial charge in [0.25, 0.3) is 5.56 Å². The summed E-state index contributed by atoms with van der Waals surface area (Å²) in [5.74, 6) is -0.255. The van der Waals surface area contributed by atoms with E-state index in [4.69, 9.17) is 4.74 Å². The Morgan fingerprint density at radius 2 is 1.67 bits per heavy atom. The summed E-state index contributed by atoms with van der Waals surface area (Å²) in [6.45, 7) is 0.219. The lowest BCUT2D eigenvalue weighted by atomic mass is 9.81. The average Bonchev–Trinajstić information content (AvgIpc) is 2.83. The first-order valence-electron chi connectivity index (χ1n) is 11.0. The number of aromatic nitrogens is 2. The molecule has 1 aliphatic heterocycles. The summed E-state index contributed by atoms with van der Waals surface area (Å²) in [6, 6.07) is 19.1. The number of ether oxygens (including phenoxy) is 1. The van der Waals surface area contributed by atoms with E-state index >= 15 is 0 Å². The van der Waals surface area contributed by atoms with Gasteiger partial charge in [0.15, 0.2) is 0 Å². The van der Waals surface area contributed by atoms with Gasteiger partial charge >= 0.3 is 5.69 Å². The highest BCUT2D eigenvalue weighted by Crippen LogP contribution is 2.37. The van der Waals surface area contributed by atoms with Crippen LogP contribution >= 0.6 is 0 Å². The number of aromatic amines is 2. The van der Waals surface area contributed by atoms with E-state index < -0.39 is 29.5 Å². The lowest BCUT2D eigenvalue weighted by Crippen LogP contribution is -2.62. The van der Waals surface area contributed by atoms with Crippen molar-refractivity contribution in [1.82, 2.24) is 14.9 Å². The highest BCUT2D eigenvalue weighted by molar-refractivity contribution is 5.32. The smallest absolute Gasteiger partial charge is 0.325 e. The maximum absolute atomic E-state index is 12.3. The number of hydrogen-bond donors (Lipinski definition) is 4. The highest BCUT2D eigenvalue weighted by Gasteiger charge is 2.45. The normalized spacial score (nSPS) is 23.6. The van der Waals surface area contributed by atoms with E-state index in [0.29, 0.717) is 18.5 Å². The van der Waals surface area contributed by atoms with Crippen LogP contribution in [0.15, 0.2) is 76.4 Å². The van der Waals surface area contributed by atoms with Crippen molar-refractivity contribution in [3.05, 3.63) is 104 Å². The third-order valence-electron chi connectivity index (χ3n) is 6.47. The number of nitrogens with zero attached hydrogens (tertiary/aromatic N) is 1. The van der Waals surface area contributed by atoms with Gasteiger partial charge in [-0.05, 0) is 17.5 Å². The maximum Gasteiger partial charge on any atom is 0.325 e. The summed E-state index contributed by atoms with van der Waals surface area (Å²) >= 11 is 0. The van der Waals surface area contributed by atoms with Crippen LogP contribution in [0, 0.1) is 5.92 Å². The van der Waals surface area contributed by atoms with Crippen molar-refractivity contribution in [2.75, 3.05) is 20.3 Å². The van der Waals surface area contributed by atoms with Crippen molar-refractivity contribution in [3.8, 4) is 0 Å². The van der Waals surface area contributed by atoms with Gasteiger partial charge in [-0.25, -0.2) is 4.79 Å². The Morgan fingerprint density at radius 1 is 1.06 bits per heavy atom. The molecule has 4 rings (SSSR count). The summed E-state index contributed by atoms with van der Waals surface area (Å²) < 4.78 is 5.65. The molecule has 33 heavy (non-hydrogen) atoms. The average molecular weight is 452 g/mol. The Bertz CT molecular complexity index is 1110. The van der Waals surface area contributed by atoms with E-state index in [9.17, 15) is 19.8 Å². The fourth-order valence-corrected chi connectivity index (χ4v) is 4.94. The molecular weight excluding hydrogens is 422 g/mol. The quantitative estimate of drug-likeness (QED) is 0.427. The summed E-state index contributed by atoms with van der Waals surface area (Å²) in [7, 11) is 1.52. The molecule has 1 saturated heterocycles. The van der Waals surface area contributed by atoms with Gasteiger partial charge in [-0.3, -0.25) is 14.7 Å². The third-order valence-corrected chi connectivity index (χ3v) is 6.47. The molecule has 0 saturated carbocycles. The number of aliphatic hydroxyl groups is 2. The fraction of sp³-hybridized carbons (Fsp3) is 0.360. The molecule has 174 valence electrons. The van der Waals surface area contributed by atoms with Crippen molar-refractivity contribution in [2.45, 2.75) is 30.7 Å². The van der Waals surface area contributed by atoms with Crippen LogP contribution in [0.1, 0.15) is 22.7 Å². The van der Waals surface area contributed by atoms with Gasteiger partial charge in [0.05, 0.1) is 30.9 Å². The molecule has 3 aromatic rings. The molecule has 1 fully saturated rings. The van der Waals surface area contributed by atoms with E-state index in [-0.39, 0.29) is 18.6 Å². The molecule has 8 heteroatoms. The van der Waals surface area contributed by atoms with E-state index in [1.165, 1.54) is 13.3 Å². The largest absolute Gasteiger partial charge is 0.395 e. The fourth-order valence-electron chi connectivity index (χ4n) is 4.94. The minimum Gasteiger partial charge on any atom is -0.395 e. The first-order chi connectivity index (χ1) is 16.0. The topological polar surface area (TPSA) is 119 Å². The lowest BCUT2D eigenvalue weighted by molar-refractivity contribution is -0.139. The van der Waals surface area contributed by atoms with Crippen molar-refractivity contribution in [2.24, 2.45) is 5.92 Å². The number of piperidine rings is 1. The maximum atomic E-state index is 12.3. The minimum atomic E-state index is -0.976. The first-order valence-corrected chi connectivity index (χ1v) is 11.0. The second kappa shape index (κ2) is 10.3. The van der Waals surface area contributed by atoms with Crippen LogP contribution in [-0.4, -0.2) is 63.6 Å². The number of likely N-dealkylation sites (tertiary alicyclic amines) is 1. The second-order valence-corrected chi connectivity index (χ2v) is 8.42. The molecule has 0 radical (unpaired) electrons. The van der Waals surface area contributed by atoms with Gasteiger partial charge in [-0.2, -0.15) is 0 Å².